The summed E-state index contributed by atoms with van der Waals surface area (Å²) in [5.41, 5.74) is 2.40. The highest BCUT2D eigenvalue weighted by molar-refractivity contribution is 6.36. The predicted octanol–water partition coefficient (Wildman–Crippen LogP) is 3.50. The van der Waals surface area contributed by atoms with Crippen LogP contribution in [0.1, 0.15) is 11.1 Å². The Morgan fingerprint density at radius 1 is 0.788 bits per heavy atom. The topological polar surface area (TPSA) is 90.0 Å². The van der Waals surface area contributed by atoms with Crippen molar-refractivity contribution in [1.29, 1.82) is 0 Å². The van der Waals surface area contributed by atoms with E-state index in [1.165, 1.54) is 4.90 Å². The van der Waals surface area contributed by atoms with Crippen LogP contribution in [0, 0.1) is 0 Å². The second-order valence-electron chi connectivity index (χ2n) is 7.26. The first-order valence-electron chi connectivity index (χ1n) is 10.2. The van der Waals surface area contributed by atoms with E-state index >= 15 is 0 Å². The van der Waals surface area contributed by atoms with Crippen LogP contribution in [0.5, 0.6) is 17.2 Å². The lowest BCUT2D eigenvalue weighted by Gasteiger charge is -2.15. The molecule has 3 aromatic rings. The number of rotatable bonds is 8. The standard InChI is InChI=1S/C25H23N3O5/c1-31-19-6-4-17(5-7-19)22-23(27-18-12-20(32-2)14-21(13-18)33-3)25(30)28(24(22)29)15-16-8-10-26-11-9-16/h4-14,27H,15H2,1-3H3. The van der Waals surface area contributed by atoms with Gasteiger partial charge in [-0.25, -0.2) is 0 Å². The highest BCUT2D eigenvalue weighted by Gasteiger charge is 2.39. The highest BCUT2D eigenvalue weighted by atomic mass is 16.5. The van der Waals surface area contributed by atoms with Gasteiger partial charge in [0.25, 0.3) is 11.8 Å². The lowest BCUT2D eigenvalue weighted by molar-refractivity contribution is -0.137. The molecule has 0 spiro atoms. The monoisotopic (exact) mass is 445 g/mol. The molecular formula is C25H23N3O5. The number of methoxy groups -OCH3 is 3. The number of hydrogen-bond acceptors (Lipinski definition) is 7. The first kappa shape index (κ1) is 21.9. The minimum Gasteiger partial charge on any atom is -0.497 e. The molecule has 0 fully saturated rings. The van der Waals surface area contributed by atoms with Crippen molar-refractivity contribution >= 4 is 23.1 Å². The van der Waals surface area contributed by atoms with Gasteiger partial charge in [-0.3, -0.25) is 19.5 Å². The number of nitrogens with one attached hydrogen (secondary N) is 1. The quantitative estimate of drug-likeness (QED) is 0.531. The number of anilines is 1. The molecule has 0 saturated carbocycles. The van der Waals surface area contributed by atoms with Gasteiger partial charge in [-0.1, -0.05) is 12.1 Å². The van der Waals surface area contributed by atoms with Crippen LogP contribution in [0.15, 0.2) is 72.7 Å². The van der Waals surface area contributed by atoms with Crippen LogP contribution in [0.3, 0.4) is 0 Å². The van der Waals surface area contributed by atoms with Gasteiger partial charge in [-0.2, -0.15) is 0 Å². The Bertz CT molecular complexity index is 1180. The molecule has 2 amide bonds. The number of carbonyl (C=O) groups excluding carboxylic acids is 2. The van der Waals surface area contributed by atoms with E-state index in [-0.39, 0.29) is 23.7 Å². The van der Waals surface area contributed by atoms with Crippen LogP contribution in [0.25, 0.3) is 5.57 Å². The Hall–Kier alpha value is -4.33. The van der Waals surface area contributed by atoms with Crippen molar-refractivity contribution in [2.24, 2.45) is 0 Å². The Kier molecular flexibility index (Phi) is 6.26. The molecule has 0 unspecified atom stereocenters. The maximum absolute atomic E-state index is 13.4. The first-order chi connectivity index (χ1) is 16.0. The SMILES string of the molecule is COc1ccc(C2=C(Nc3cc(OC)cc(OC)c3)C(=O)N(Cc3ccncc3)C2=O)cc1. The largest absolute Gasteiger partial charge is 0.497 e. The van der Waals surface area contributed by atoms with Gasteiger partial charge < -0.3 is 19.5 Å². The summed E-state index contributed by atoms with van der Waals surface area (Å²) >= 11 is 0. The van der Waals surface area contributed by atoms with Gasteiger partial charge in [0, 0.05) is 36.3 Å². The fraction of sp³-hybridized carbons (Fsp3) is 0.160. The predicted molar refractivity (Wildman–Crippen MR) is 123 cm³/mol. The van der Waals surface area contributed by atoms with Crippen molar-refractivity contribution < 1.29 is 23.8 Å². The number of carbonyl (C=O) groups is 2. The molecule has 168 valence electrons. The molecule has 0 aliphatic carbocycles. The molecule has 1 N–H and O–H groups in total. The Morgan fingerprint density at radius 3 is 1.97 bits per heavy atom. The normalized spacial score (nSPS) is 13.4. The lowest BCUT2D eigenvalue weighted by atomic mass is 10.0. The third kappa shape index (κ3) is 4.50. The van der Waals surface area contributed by atoms with Crippen LogP contribution < -0.4 is 19.5 Å². The summed E-state index contributed by atoms with van der Waals surface area (Å²) in [6.07, 6.45) is 3.25. The maximum atomic E-state index is 13.4. The zero-order valence-corrected chi connectivity index (χ0v) is 18.5. The highest BCUT2D eigenvalue weighted by Crippen LogP contribution is 2.34. The second-order valence-corrected chi connectivity index (χ2v) is 7.26. The number of pyridine rings is 1. The number of ether oxygens (including phenoxy) is 3. The van der Waals surface area contributed by atoms with E-state index in [0.29, 0.717) is 28.5 Å². The summed E-state index contributed by atoms with van der Waals surface area (Å²) in [4.78, 5) is 32.1. The average Bonchev–Trinajstić information content (AvgIpc) is 3.08. The number of imide groups is 1. The fourth-order valence-corrected chi connectivity index (χ4v) is 3.56. The van der Waals surface area contributed by atoms with Crippen LogP contribution in [0.2, 0.25) is 0 Å². The molecule has 33 heavy (non-hydrogen) atoms. The summed E-state index contributed by atoms with van der Waals surface area (Å²) in [5.74, 6) is 0.934. The van der Waals surface area contributed by atoms with Gasteiger partial charge in [0.2, 0.25) is 0 Å². The van der Waals surface area contributed by atoms with Crippen LogP contribution in [0.4, 0.5) is 5.69 Å². The summed E-state index contributed by atoms with van der Waals surface area (Å²) in [6, 6.07) is 15.7. The minimum absolute atomic E-state index is 0.131. The molecule has 0 atom stereocenters. The number of amides is 2. The Morgan fingerprint density at radius 2 is 1.39 bits per heavy atom. The zero-order chi connectivity index (χ0) is 23.4. The van der Waals surface area contributed by atoms with E-state index in [2.05, 4.69) is 10.3 Å². The van der Waals surface area contributed by atoms with E-state index in [9.17, 15) is 9.59 Å². The van der Waals surface area contributed by atoms with Gasteiger partial charge >= 0.3 is 0 Å². The van der Waals surface area contributed by atoms with Crippen molar-refractivity contribution in [3.05, 3.63) is 83.8 Å². The Labute approximate surface area is 191 Å². The van der Waals surface area contributed by atoms with Crippen LogP contribution in [-0.2, 0) is 16.1 Å². The van der Waals surface area contributed by atoms with Crippen molar-refractivity contribution in [2.45, 2.75) is 6.54 Å². The molecule has 8 heteroatoms. The zero-order valence-electron chi connectivity index (χ0n) is 18.5. The van der Waals surface area contributed by atoms with Gasteiger partial charge in [-0.15, -0.1) is 0 Å². The van der Waals surface area contributed by atoms with E-state index in [0.717, 1.165) is 5.56 Å². The molecule has 1 aromatic heterocycles. The number of hydrogen-bond donors (Lipinski definition) is 1. The Balaban J connectivity index is 1.76. The average molecular weight is 445 g/mol. The molecule has 1 aliphatic heterocycles. The molecule has 0 saturated heterocycles. The molecule has 1 aliphatic rings. The molecule has 2 heterocycles. The fourth-order valence-electron chi connectivity index (χ4n) is 3.56. The molecular weight excluding hydrogens is 422 g/mol. The van der Waals surface area contributed by atoms with E-state index in [4.69, 9.17) is 14.2 Å². The molecule has 2 aromatic carbocycles. The number of nitrogens with zero attached hydrogens (tertiary/aromatic N) is 2. The smallest absolute Gasteiger partial charge is 0.278 e. The minimum atomic E-state index is -0.426. The summed E-state index contributed by atoms with van der Waals surface area (Å²) < 4.78 is 15.9. The van der Waals surface area contributed by atoms with E-state index in [1.807, 2.05) is 0 Å². The lowest BCUT2D eigenvalue weighted by Crippen LogP contribution is -2.32. The number of aromatic nitrogens is 1. The van der Waals surface area contributed by atoms with Crippen LogP contribution in [-0.4, -0.2) is 43.0 Å². The van der Waals surface area contributed by atoms with E-state index < -0.39 is 5.91 Å². The third-order valence-electron chi connectivity index (χ3n) is 5.26. The molecule has 0 radical (unpaired) electrons. The summed E-state index contributed by atoms with van der Waals surface area (Å²) in [7, 11) is 4.65. The molecule has 0 bridgehead atoms. The second kappa shape index (κ2) is 9.44. The van der Waals surface area contributed by atoms with Crippen molar-refractivity contribution in [3.63, 3.8) is 0 Å². The van der Waals surface area contributed by atoms with Gasteiger partial charge in [0.05, 0.1) is 33.4 Å². The number of benzene rings is 2. The van der Waals surface area contributed by atoms with Crippen LogP contribution >= 0.6 is 0 Å². The van der Waals surface area contributed by atoms with Crippen molar-refractivity contribution in [3.8, 4) is 17.2 Å². The maximum Gasteiger partial charge on any atom is 0.278 e. The third-order valence-corrected chi connectivity index (χ3v) is 5.26. The van der Waals surface area contributed by atoms with Crippen molar-refractivity contribution in [2.75, 3.05) is 26.6 Å². The molecule has 4 rings (SSSR count). The van der Waals surface area contributed by atoms with Gasteiger partial charge in [0.1, 0.15) is 22.9 Å². The van der Waals surface area contributed by atoms with E-state index in [1.54, 1.807) is 88.3 Å². The van der Waals surface area contributed by atoms with Crippen molar-refractivity contribution in [1.82, 2.24) is 9.88 Å². The molecule has 8 nitrogen and oxygen atoms in total. The summed E-state index contributed by atoms with van der Waals surface area (Å²) in [5, 5.41) is 3.13. The first-order valence-corrected chi connectivity index (χ1v) is 10.2. The van der Waals surface area contributed by atoms with Gasteiger partial charge in [0.15, 0.2) is 0 Å². The van der Waals surface area contributed by atoms with Gasteiger partial charge in [-0.05, 0) is 35.4 Å². The summed E-state index contributed by atoms with van der Waals surface area (Å²) in [6.45, 7) is 0.131.